The van der Waals surface area contributed by atoms with Crippen LogP contribution in [-0.2, 0) is 4.79 Å². The van der Waals surface area contributed by atoms with Crippen molar-refractivity contribution in [3.63, 3.8) is 0 Å². The largest absolute Gasteiger partial charge is 0.300 e. The minimum absolute atomic E-state index is 0.426. The molecule has 0 aromatic heterocycles. The van der Waals surface area contributed by atoms with Crippen molar-refractivity contribution in [3.8, 4) is 12.8 Å². The molecule has 150 valence electrons. The van der Waals surface area contributed by atoms with Crippen LogP contribution in [0, 0.1) is 47.3 Å². The second kappa shape index (κ2) is 9.96. The number of Topliss-reactive ketones (excluding diaryl/α,β-unsaturated/α-hetero) is 1. The quantitative estimate of drug-likeness (QED) is 0.344. The molecule has 1 nitrogen and oxygen atoms in total. The van der Waals surface area contributed by atoms with Crippen LogP contribution >= 0.6 is 0 Å². The molecular weight excluding hydrogens is 316 g/mol. The number of carbonyl (C=O) groups is 1. The summed E-state index contributed by atoms with van der Waals surface area (Å²) >= 11 is 0. The second-order valence-corrected chi connectivity index (χ2v) is 10.2. The van der Waals surface area contributed by atoms with E-state index in [1.165, 1.54) is 44.9 Å². The summed E-state index contributed by atoms with van der Waals surface area (Å²) in [5, 5.41) is 0. The number of carbonyl (C=O) groups excluding carboxylic acids is 1. The summed E-state index contributed by atoms with van der Waals surface area (Å²) in [7, 11) is 0. The second-order valence-electron chi connectivity index (χ2n) is 10.2. The van der Waals surface area contributed by atoms with Gasteiger partial charge in [-0.2, -0.15) is 0 Å². The summed E-state index contributed by atoms with van der Waals surface area (Å²) in [5.41, 5.74) is 0.950. The van der Waals surface area contributed by atoms with E-state index in [4.69, 9.17) is 0 Å². The van der Waals surface area contributed by atoms with E-state index >= 15 is 0 Å². The van der Waals surface area contributed by atoms with E-state index in [1.54, 1.807) is 0 Å². The topological polar surface area (TPSA) is 17.1 Å². The molecule has 2 rings (SSSR count). The van der Waals surface area contributed by atoms with Crippen LogP contribution in [0.2, 0.25) is 0 Å². The average Bonchev–Trinajstić information content (AvgIpc) is 2.62. The fraction of sp³-hybridized carbons (Fsp3) is 0.880. The lowest BCUT2D eigenvalue weighted by atomic mass is 9.51. The van der Waals surface area contributed by atoms with Gasteiger partial charge in [0.15, 0.2) is 0 Å². The Hall–Kier alpha value is -0.770. The Labute approximate surface area is 164 Å². The van der Waals surface area contributed by atoms with E-state index in [9.17, 15) is 4.79 Å². The van der Waals surface area contributed by atoms with E-state index < -0.39 is 0 Å². The van der Waals surface area contributed by atoms with Crippen LogP contribution < -0.4 is 0 Å². The Balaban J connectivity index is 0.00000163. The van der Waals surface area contributed by atoms with Crippen molar-refractivity contribution >= 4 is 5.78 Å². The van der Waals surface area contributed by atoms with Gasteiger partial charge in [-0.1, -0.05) is 67.2 Å². The molecule has 0 amide bonds. The predicted molar refractivity (Wildman–Crippen MR) is 114 cm³/mol. The molecule has 0 saturated heterocycles. The Morgan fingerprint density at radius 3 is 2.50 bits per heavy atom. The number of terminal acetylenes is 1. The van der Waals surface area contributed by atoms with Crippen LogP contribution in [-0.4, -0.2) is 5.78 Å². The minimum Gasteiger partial charge on any atom is -0.300 e. The first kappa shape index (κ1) is 23.3. The molecule has 0 aromatic carbocycles. The van der Waals surface area contributed by atoms with Crippen molar-refractivity contribution in [2.24, 2.45) is 34.5 Å². The lowest BCUT2D eigenvalue weighted by Crippen LogP contribution is -2.47. The zero-order chi connectivity index (χ0) is 20.0. The summed E-state index contributed by atoms with van der Waals surface area (Å²) in [6.45, 7) is 14.6. The number of rotatable bonds is 7. The number of hydrogen-bond donors (Lipinski definition) is 0. The lowest BCUT2D eigenvalue weighted by molar-refractivity contribution is -0.130. The molecule has 0 aliphatic heterocycles. The summed E-state index contributed by atoms with van der Waals surface area (Å²) in [6, 6.07) is 0. The number of hydrogen-bond acceptors (Lipinski definition) is 1. The fourth-order valence-corrected chi connectivity index (χ4v) is 5.62. The highest BCUT2D eigenvalue weighted by atomic mass is 16.1. The fourth-order valence-electron chi connectivity index (χ4n) is 5.62. The molecule has 26 heavy (non-hydrogen) atoms. The summed E-state index contributed by atoms with van der Waals surface area (Å²) in [4.78, 5) is 11.9. The number of fused-ring (bicyclic) bond motifs is 1. The highest BCUT2D eigenvalue weighted by Gasteiger charge is 2.49. The van der Waals surface area contributed by atoms with Gasteiger partial charge in [0, 0.05) is 12.8 Å². The number of ketones is 1. The highest BCUT2D eigenvalue weighted by molar-refractivity contribution is 5.79. The molecule has 2 saturated carbocycles. The van der Waals surface area contributed by atoms with Gasteiger partial charge >= 0.3 is 0 Å². The zero-order valence-electron chi connectivity index (χ0n) is 18.4. The van der Waals surface area contributed by atoms with Crippen LogP contribution in [0.25, 0.3) is 0 Å². The Morgan fingerprint density at radius 2 is 1.88 bits per heavy atom. The Morgan fingerprint density at radius 1 is 1.23 bits per heavy atom. The van der Waals surface area contributed by atoms with E-state index in [1.807, 2.05) is 0 Å². The van der Waals surface area contributed by atoms with Gasteiger partial charge in [0.05, 0.1) is 0 Å². The molecule has 2 aliphatic carbocycles. The van der Waals surface area contributed by atoms with E-state index in [0.29, 0.717) is 22.5 Å². The third-order valence-electron chi connectivity index (χ3n) is 8.33. The molecule has 0 bridgehead atoms. The monoisotopic (exact) mass is 360 g/mol. The summed E-state index contributed by atoms with van der Waals surface area (Å²) in [5.74, 6) is 3.70. The maximum Gasteiger partial charge on any atom is 0.133 e. The Kier molecular flexibility index (Phi) is 8.92. The van der Waals surface area contributed by atoms with Crippen molar-refractivity contribution in [1.82, 2.24) is 0 Å². The van der Waals surface area contributed by atoms with Gasteiger partial charge in [-0.15, -0.1) is 12.8 Å². The molecule has 0 N–H and O–H groups in total. The van der Waals surface area contributed by atoms with Crippen molar-refractivity contribution in [2.75, 3.05) is 0 Å². The van der Waals surface area contributed by atoms with Gasteiger partial charge < -0.3 is 0 Å². The Bertz CT molecular complexity index is 460. The summed E-state index contributed by atoms with van der Waals surface area (Å²) < 4.78 is 0. The van der Waals surface area contributed by atoms with Gasteiger partial charge in [0.25, 0.3) is 0 Å². The minimum atomic E-state index is 0.426. The van der Waals surface area contributed by atoms with Crippen LogP contribution in [0.4, 0.5) is 0 Å². The van der Waals surface area contributed by atoms with Crippen molar-refractivity contribution in [2.45, 2.75) is 106 Å². The first-order valence-electron chi connectivity index (χ1n) is 11.0. The van der Waals surface area contributed by atoms with Crippen LogP contribution in [0.1, 0.15) is 106 Å². The van der Waals surface area contributed by atoms with Gasteiger partial charge in [-0.3, -0.25) is 4.79 Å². The highest BCUT2D eigenvalue weighted by Crippen LogP contribution is 2.56. The van der Waals surface area contributed by atoms with Gasteiger partial charge in [-0.05, 0) is 60.2 Å². The van der Waals surface area contributed by atoms with Gasteiger partial charge in [-0.25, -0.2) is 0 Å². The molecule has 2 fully saturated rings. The number of unbranched alkanes of at least 4 members (excludes halogenated alkanes) is 1. The molecule has 5 unspecified atom stereocenters. The van der Waals surface area contributed by atoms with Gasteiger partial charge in [0.1, 0.15) is 5.78 Å². The third kappa shape index (κ3) is 5.61. The third-order valence-corrected chi connectivity index (χ3v) is 8.33. The maximum atomic E-state index is 11.9. The molecule has 0 radical (unpaired) electrons. The van der Waals surface area contributed by atoms with Crippen LogP contribution in [0.3, 0.4) is 0 Å². The standard InChI is InChI=1S/C23H42O.C2H2/c1-7-22(4,5)14-9-8-10-17(2)21-12-11-19-16-20(24)13-15-23(19,6)18(21)3;1-2/h17-19,21H,7-16H2,1-6H3;1-2H. The lowest BCUT2D eigenvalue weighted by Gasteiger charge is -2.53. The molecule has 0 spiro atoms. The SMILES string of the molecule is C#C.CCC(C)(C)CCCCC(C)C1CCC2CC(=O)CCC2(C)C1C. The zero-order valence-corrected chi connectivity index (χ0v) is 18.4. The normalized spacial score (nSPS) is 32.9. The van der Waals surface area contributed by atoms with Crippen molar-refractivity contribution < 1.29 is 4.79 Å². The van der Waals surface area contributed by atoms with Crippen molar-refractivity contribution in [3.05, 3.63) is 0 Å². The molecule has 2 aliphatic rings. The molecule has 0 heterocycles. The maximum absolute atomic E-state index is 11.9. The van der Waals surface area contributed by atoms with E-state index in [-0.39, 0.29) is 0 Å². The molecule has 1 heteroatoms. The first-order chi connectivity index (χ1) is 12.2. The van der Waals surface area contributed by atoms with E-state index in [2.05, 4.69) is 54.4 Å². The molecule has 0 aromatic rings. The molecule has 5 atom stereocenters. The predicted octanol–water partition coefficient (Wildman–Crippen LogP) is 7.29. The smallest absolute Gasteiger partial charge is 0.133 e. The van der Waals surface area contributed by atoms with Gasteiger partial charge in [0.2, 0.25) is 0 Å². The first-order valence-corrected chi connectivity index (χ1v) is 11.0. The van der Waals surface area contributed by atoms with Crippen LogP contribution in [0.5, 0.6) is 0 Å². The van der Waals surface area contributed by atoms with Crippen molar-refractivity contribution in [1.29, 1.82) is 0 Å². The van der Waals surface area contributed by atoms with Crippen LogP contribution in [0.15, 0.2) is 0 Å². The molecular formula is C25H44O. The average molecular weight is 361 g/mol. The van der Waals surface area contributed by atoms with E-state index in [0.717, 1.165) is 37.0 Å². The summed E-state index contributed by atoms with van der Waals surface area (Å²) in [6.07, 6.45) is 20.4.